The van der Waals surface area contributed by atoms with Crippen LogP contribution in [0.3, 0.4) is 0 Å². The Morgan fingerprint density at radius 1 is 1.00 bits per heavy atom. The van der Waals surface area contributed by atoms with Crippen LogP contribution in [0, 0.1) is 5.82 Å². The van der Waals surface area contributed by atoms with E-state index in [2.05, 4.69) is 53.1 Å². The van der Waals surface area contributed by atoms with Crippen LogP contribution in [0.15, 0.2) is 49.8 Å². The molecule has 0 heterocycles. The number of amides is 1. The summed E-state index contributed by atoms with van der Waals surface area (Å²) in [6.45, 7) is 0. The molecule has 0 aromatic heterocycles. The van der Waals surface area contributed by atoms with Crippen molar-refractivity contribution in [2.24, 2.45) is 0 Å². The molecule has 1 amide bonds. The maximum Gasteiger partial charge on any atom is 0.256 e. The van der Waals surface area contributed by atoms with Crippen molar-refractivity contribution in [3.8, 4) is 0 Å². The number of carbonyl (C=O) groups is 1. The SMILES string of the molecule is O=C(Nc1ccc(Br)c(F)c1)c1ccc(Br)cc1Br. The van der Waals surface area contributed by atoms with Gasteiger partial charge in [-0.3, -0.25) is 4.79 Å². The summed E-state index contributed by atoms with van der Waals surface area (Å²) in [6.07, 6.45) is 0. The van der Waals surface area contributed by atoms with Crippen LogP contribution in [0.1, 0.15) is 10.4 Å². The molecular weight excluding hydrogens is 445 g/mol. The Bertz CT molecular complexity index is 646. The van der Waals surface area contributed by atoms with E-state index in [0.717, 1.165) is 4.47 Å². The van der Waals surface area contributed by atoms with Crippen molar-refractivity contribution in [3.63, 3.8) is 0 Å². The number of halogens is 4. The second-order valence-corrected chi connectivity index (χ2v) is 6.33. The summed E-state index contributed by atoms with van der Waals surface area (Å²) in [4.78, 5) is 12.1. The molecule has 0 fully saturated rings. The minimum atomic E-state index is -0.423. The van der Waals surface area contributed by atoms with Crippen LogP contribution >= 0.6 is 47.8 Å². The summed E-state index contributed by atoms with van der Waals surface area (Å²) in [5, 5.41) is 2.64. The van der Waals surface area contributed by atoms with Gasteiger partial charge >= 0.3 is 0 Å². The molecule has 0 aliphatic carbocycles. The zero-order chi connectivity index (χ0) is 14.0. The van der Waals surface area contributed by atoms with E-state index in [-0.39, 0.29) is 5.91 Å². The highest BCUT2D eigenvalue weighted by Gasteiger charge is 2.11. The zero-order valence-corrected chi connectivity index (χ0v) is 14.1. The van der Waals surface area contributed by atoms with Crippen molar-refractivity contribution in [3.05, 3.63) is 61.2 Å². The van der Waals surface area contributed by atoms with E-state index in [1.165, 1.54) is 6.07 Å². The van der Waals surface area contributed by atoms with Gasteiger partial charge in [-0.15, -0.1) is 0 Å². The van der Waals surface area contributed by atoms with E-state index in [4.69, 9.17) is 0 Å². The fourth-order valence-corrected chi connectivity index (χ4v) is 2.92. The predicted molar refractivity (Wildman–Crippen MR) is 83.9 cm³/mol. The highest BCUT2D eigenvalue weighted by atomic mass is 79.9. The molecule has 2 nitrogen and oxygen atoms in total. The molecule has 0 radical (unpaired) electrons. The summed E-state index contributed by atoms with van der Waals surface area (Å²) in [5.74, 6) is -0.728. The monoisotopic (exact) mass is 449 g/mol. The highest BCUT2D eigenvalue weighted by molar-refractivity contribution is 9.11. The summed E-state index contributed by atoms with van der Waals surface area (Å²) in [6, 6.07) is 9.64. The summed E-state index contributed by atoms with van der Waals surface area (Å²) < 4.78 is 15.2. The van der Waals surface area contributed by atoms with Crippen LogP contribution in [0.4, 0.5) is 10.1 Å². The summed E-state index contributed by atoms with van der Waals surface area (Å²) in [7, 11) is 0. The lowest BCUT2D eigenvalue weighted by atomic mass is 10.2. The fourth-order valence-electron chi connectivity index (χ4n) is 1.45. The molecule has 0 aliphatic heterocycles. The Morgan fingerprint density at radius 2 is 1.74 bits per heavy atom. The van der Waals surface area contributed by atoms with Gasteiger partial charge in [-0.05, 0) is 68.3 Å². The lowest BCUT2D eigenvalue weighted by Gasteiger charge is -2.08. The van der Waals surface area contributed by atoms with Gasteiger partial charge < -0.3 is 5.32 Å². The van der Waals surface area contributed by atoms with Gasteiger partial charge in [0, 0.05) is 14.6 Å². The fraction of sp³-hybridized carbons (Fsp3) is 0. The average molecular weight is 452 g/mol. The Hall–Kier alpha value is -0.720. The van der Waals surface area contributed by atoms with Crippen LogP contribution in [-0.4, -0.2) is 5.91 Å². The van der Waals surface area contributed by atoms with Gasteiger partial charge in [0.15, 0.2) is 0 Å². The van der Waals surface area contributed by atoms with Crippen LogP contribution in [0.2, 0.25) is 0 Å². The summed E-state index contributed by atoms with van der Waals surface area (Å²) in [5.41, 5.74) is 0.882. The third kappa shape index (κ3) is 3.64. The quantitative estimate of drug-likeness (QED) is 0.653. The largest absolute Gasteiger partial charge is 0.322 e. The van der Waals surface area contributed by atoms with Crippen LogP contribution in [0.25, 0.3) is 0 Å². The average Bonchev–Trinajstić information content (AvgIpc) is 2.33. The molecule has 1 N–H and O–H groups in total. The normalized spacial score (nSPS) is 10.3. The van der Waals surface area contributed by atoms with Crippen LogP contribution < -0.4 is 5.32 Å². The van der Waals surface area contributed by atoms with E-state index in [1.807, 2.05) is 0 Å². The van der Waals surface area contributed by atoms with Gasteiger partial charge in [-0.1, -0.05) is 15.9 Å². The molecule has 0 unspecified atom stereocenters. The first-order chi connectivity index (χ1) is 8.97. The van der Waals surface area contributed by atoms with Crippen molar-refractivity contribution < 1.29 is 9.18 Å². The van der Waals surface area contributed by atoms with Crippen molar-refractivity contribution >= 4 is 59.4 Å². The molecule has 2 rings (SSSR count). The van der Waals surface area contributed by atoms with E-state index >= 15 is 0 Å². The van der Waals surface area contributed by atoms with Gasteiger partial charge in [-0.25, -0.2) is 4.39 Å². The Kier molecular flexibility index (Phi) is 4.76. The van der Waals surface area contributed by atoms with Gasteiger partial charge in [0.25, 0.3) is 5.91 Å². The number of hydrogen-bond donors (Lipinski definition) is 1. The molecule has 0 saturated heterocycles. The molecule has 0 aliphatic rings. The first-order valence-electron chi connectivity index (χ1n) is 5.19. The number of hydrogen-bond acceptors (Lipinski definition) is 1. The molecular formula is C13H7Br3FNO. The maximum absolute atomic E-state index is 13.4. The molecule has 0 spiro atoms. The van der Waals surface area contributed by atoms with Crippen LogP contribution in [-0.2, 0) is 0 Å². The lowest BCUT2D eigenvalue weighted by Crippen LogP contribution is -2.12. The number of benzene rings is 2. The maximum atomic E-state index is 13.4. The molecule has 2 aromatic carbocycles. The van der Waals surface area contributed by atoms with Crippen molar-refractivity contribution in [1.82, 2.24) is 0 Å². The molecule has 98 valence electrons. The molecule has 2 aromatic rings. The van der Waals surface area contributed by atoms with Gasteiger partial charge in [0.05, 0.1) is 10.0 Å². The second-order valence-electron chi connectivity index (χ2n) is 3.71. The minimum Gasteiger partial charge on any atom is -0.322 e. The number of nitrogens with one attached hydrogen (secondary N) is 1. The van der Waals surface area contributed by atoms with Gasteiger partial charge in [0.1, 0.15) is 5.82 Å². The van der Waals surface area contributed by atoms with E-state index in [1.54, 1.807) is 30.3 Å². The first kappa shape index (κ1) is 14.7. The van der Waals surface area contributed by atoms with Crippen molar-refractivity contribution in [2.75, 3.05) is 5.32 Å². The first-order valence-corrected chi connectivity index (χ1v) is 7.57. The smallest absolute Gasteiger partial charge is 0.256 e. The summed E-state index contributed by atoms with van der Waals surface area (Å²) >= 11 is 9.69. The number of carbonyl (C=O) groups excluding carboxylic acids is 1. The van der Waals surface area contributed by atoms with Crippen LogP contribution in [0.5, 0.6) is 0 Å². The van der Waals surface area contributed by atoms with Crippen molar-refractivity contribution in [2.45, 2.75) is 0 Å². The third-order valence-electron chi connectivity index (χ3n) is 2.35. The predicted octanol–water partition coefficient (Wildman–Crippen LogP) is 5.37. The minimum absolute atomic E-state index is 0.305. The Balaban J connectivity index is 2.23. The van der Waals surface area contributed by atoms with Gasteiger partial charge in [0.2, 0.25) is 0 Å². The molecule has 0 saturated carbocycles. The standard InChI is InChI=1S/C13H7Br3FNO/c14-7-1-3-9(11(16)5-7)13(19)18-8-2-4-10(15)12(17)6-8/h1-6H,(H,18,19). The third-order valence-corrected chi connectivity index (χ3v) is 4.15. The topological polar surface area (TPSA) is 29.1 Å². The van der Waals surface area contributed by atoms with E-state index in [0.29, 0.717) is 20.2 Å². The molecule has 6 heteroatoms. The molecule has 0 atom stereocenters. The lowest BCUT2D eigenvalue weighted by molar-refractivity contribution is 0.102. The van der Waals surface area contributed by atoms with Gasteiger partial charge in [-0.2, -0.15) is 0 Å². The number of rotatable bonds is 2. The van der Waals surface area contributed by atoms with E-state index in [9.17, 15) is 9.18 Å². The Morgan fingerprint density at radius 3 is 2.37 bits per heavy atom. The van der Waals surface area contributed by atoms with Crippen molar-refractivity contribution in [1.29, 1.82) is 0 Å². The number of anilines is 1. The zero-order valence-electron chi connectivity index (χ0n) is 9.38. The highest BCUT2D eigenvalue weighted by Crippen LogP contribution is 2.24. The molecule has 0 bridgehead atoms. The Labute approximate surface area is 134 Å². The van der Waals surface area contributed by atoms with E-state index < -0.39 is 5.82 Å². The second kappa shape index (κ2) is 6.15. The molecule has 19 heavy (non-hydrogen) atoms.